The van der Waals surface area contributed by atoms with Crippen LogP contribution in [0.25, 0.3) is 0 Å². The largest absolute Gasteiger partial charge is 0.340 e. The summed E-state index contributed by atoms with van der Waals surface area (Å²) in [6, 6.07) is 10.7. The molecule has 0 aromatic heterocycles. The zero-order chi connectivity index (χ0) is 18.6. The molecular formula is C17H20ClN2O3P. The Morgan fingerprint density at radius 3 is 2.12 bits per heavy atom. The first-order chi connectivity index (χ1) is 11.2. The molecule has 0 aliphatic rings. The molecule has 1 aromatic rings. The van der Waals surface area contributed by atoms with Gasteiger partial charge in [0.25, 0.3) is 0 Å². The van der Waals surface area contributed by atoms with E-state index in [1.165, 1.54) is 20.3 Å². The van der Waals surface area contributed by atoms with Crippen molar-refractivity contribution in [1.29, 1.82) is 10.5 Å². The summed E-state index contributed by atoms with van der Waals surface area (Å²) in [7, 11) is -1.45. The fourth-order valence-corrected chi connectivity index (χ4v) is 4.95. The number of allylic oxidation sites excluding steroid dienone is 1. The Balaban J connectivity index is 3.94. The summed E-state index contributed by atoms with van der Waals surface area (Å²) >= 11 is 6.28. The highest BCUT2D eigenvalue weighted by Gasteiger charge is 2.59. The van der Waals surface area contributed by atoms with Crippen molar-refractivity contribution >= 4 is 19.2 Å². The summed E-state index contributed by atoms with van der Waals surface area (Å²) in [6.07, 6.45) is 1.49. The molecule has 0 saturated carbocycles. The molecule has 1 aromatic carbocycles. The van der Waals surface area contributed by atoms with Gasteiger partial charge in [0.05, 0.1) is 12.1 Å². The number of rotatable bonds is 7. The maximum absolute atomic E-state index is 13.3. The van der Waals surface area contributed by atoms with Crippen LogP contribution in [0, 0.1) is 33.5 Å². The van der Waals surface area contributed by atoms with Gasteiger partial charge in [0.15, 0.2) is 5.41 Å². The van der Waals surface area contributed by atoms with Crippen LogP contribution in [-0.4, -0.2) is 14.2 Å². The van der Waals surface area contributed by atoms with Crippen molar-refractivity contribution in [2.45, 2.75) is 19.5 Å². The van der Waals surface area contributed by atoms with Gasteiger partial charge in [-0.2, -0.15) is 10.5 Å². The topological polar surface area (TPSA) is 83.1 Å². The molecule has 1 rings (SSSR count). The molecule has 1 atom stereocenters. The fraction of sp³-hybridized carbons (Fsp3) is 0.412. The van der Waals surface area contributed by atoms with E-state index in [4.69, 9.17) is 20.6 Å². The summed E-state index contributed by atoms with van der Waals surface area (Å²) < 4.78 is 23.6. The van der Waals surface area contributed by atoms with Crippen LogP contribution in [0.1, 0.15) is 25.1 Å². The predicted octanol–water partition coefficient (Wildman–Crippen LogP) is 5.11. The molecule has 0 aliphatic carbocycles. The Labute approximate surface area is 148 Å². The maximum atomic E-state index is 13.3. The zero-order valence-corrected chi connectivity index (χ0v) is 15.8. The first-order valence-corrected chi connectivity index (χ1v) is 9.10. The van der Waals surface area contributed by atoms with E-state index in [1.807, 2.05) is 12.1 Å². The van der Waals surface area contributed by atoms with E-state index in [9.17, 15) is 15.1 Å². The van der Waals surface area contributed by atoms with Crippen molar-refractivity contribution in [1.82, 2.24) is 0 Å². The van der Waals surface area contributed by atoms with Gasteiger partial charge in [0.2, 0.25) is 0 Å². The van der Waals surface area contributed by atoms with Gasteiger partial charge < -0.3 is 9.05 Å². The number of benzene rings is 1. The molecule has 128 valence electrons. The summed E-state index contributed by atoms with van der Waals surface area (Å²) in [4.78, 5) is 0. The van der Waals surface area contributed by atoms with E-state index < -0.39 is 24.1 Å². The van der Waals surface area contributed by atoms with Gasteiger partial charge >= 0.3 is 7.60 Å². The maximum Gasteiger partial charge on any atom is 0.340 e. The van der Waals surface area contributed by atoms with Crippen LogP contribution >= 0.6 is 19.2 Å². The third-order valence-electron chi connectivity index (χ3n) is 4.31. The summed E-state index contributed by atoms with van der Waals surface area (Å²) in [5.41, 5.74) is -3.66. The van der Waals surface area contributed by atoms with Gasteiger partial charge in [-0.25, -0.2) is 0 Å². The van der Waals surface area contributed by atoms with Crippen LogP contribution in [-0.2, 0) is 13.6 Å². The molecular weight excluding hydrogens is 347 g/mol. The van der Waals surface area contributed by atoms with Crippen molar-refractivity contribution in [2.24, 2.45) is 10.8 Å². The van der Waals surface area contributed by atoms with Gasteiger partial charge in [0, 0.05) is 24.7 Å². The average molecular weight is 367 g/mol. The van der Waals surface area contributed by atoms with E-state index >= 15 is 0 Å². The highest BCUT2D eigenvalue weighted by Crippen LogP contribution is 2.70. The Bertz CT molecular complexity index is 727. The molecule has 0 heterocycles. The first kappa shape index (κ1) is 20.4. The number of hydrogen-bond acceptors (Lipinski definition) is 5. The number of hydrogen-bond donors (Lipinski definition) is 0. The second-order valence-electron chi connectivity index (χ2n) is 5.79. The average Bonchev–Trinajstić information content (AvgIpc) is 2.60. The van der Waals surface area contributed by atoms with Gasteiger partial charge in [-0.3, -0.25) is 4.57 Å². The van der Waals surface area contributed by atoms with E-state index in [2.05, 4.69) is 6.58 Å². The van der Waals surface area contributed by atoms with Gasteiger partial charge in [-0.05, 0) is 11.6 Å². The highest BCUT2D eigenvalue weighted by atomic mass is 35.5. The van der Waals surface area contributed by atoms with Crippen molar-refractivity contribution in [3.8, 4) is 12.1 Å². The van der Waals surface area contributed by atoms with Crippen molar-refractivity contribution in [3.63, 3.8) is 0 Å². The van der Waals surface area contributed by atoms with E-state index in [1.54, 1.807) is 38.1 Å². The second kappa shape index (κ2) is 7.51. The molecule has 0 N–H and O–H groups in total. The van der Waals surface area contributed by atoms with E-state index in [-0.39, 0.29) is 5.02 Å². The number of nitriles is 2. The third kappa shape index (κ3) is 3.14. The monoisotopic (exact) mass is 366 g/mol. The molecule has 0 spiro atoms. The highest BCUT2D eigenvalue weighted by molar-refractivity contribution is 7.54. The van der Waals surface area contributed by atoms with Crippen LogP contribution in [0.3, 0.4) is 0 Å². The molecule has 0 aliphatic heterocycles. The molecule has 0 bridgehead atoms. The lowest BCUT2D eigenvalue weighted by atomic mass is 9.64. The first-order valence-electron chi connectivity index (χ1n) is 7.11. The quantitative estimate of drug-likeness (QED) is 0.494. The smallest absolute Gasteiger partial charge is 0.311 e. The lowest BCUT2D eigenvalue weighted by Crippen LogP contribution is -2.40. The minimum absolute atomic E-state index is 0.270. The molecule has 24 heavy (non-hydrogen) atoms. The zero-order valence-electron chi connectivity index (χ0n) is 14.1. The lowest BCUT2D eigenvalue weighted by molar-refractivity contribution is 0.201. The van der Waals surface area contributed by atoms with E-state index in [0.717, 1.165) is 0 Å². The molecule has 1 unspecified atom stereocenters. The number of nitrogens with zero attached hydrogens (tertiary/aromatic N) is 2. The minimum Gasteiger partial charge on any atom is -0.311 e. The Hall–Kier alpha value is -1.62. The molecule has 5 nitrogen and oxygen atoms in total. The SMILES string of the molecule is C=CC(C)(C)C(C#N)(C#N)C(c1ccccc1Cl)P(=O)(OC)OC. The fourth-order valence-electron chi connectivity index (χ4n) is 2.57. The van der Waals surface area contributed by atoms with Crippen LogP contribution in [0.4, 0.5) is 0 Å². The predicted molar refractivity (Wildman–Crippen MR) is 93.5 cm³/mol. The second-order valence-corrected chi connectivity index (χ2v) is 8.52. The third-order valence-corrected chi connectivity index (χ3v) is 6.97. The summed E-state index contributed by atoms with van der Waals surface area (Å²) in [5, 5.41) is 20.1. The number of halogens is 1. The van der Waals surface area contributed by atoms with E-state index in [0.29, 0.717) is 5.56 Å². The molecule has 0 saturated heterocycles. The Kier molecular flexibility index (Phi) is 6.39. The molecule has 0 fully saturated rings. The normalized spacial score (nSPS) is 13.6. The molecule has 0 radical (unpaired) electrons. The van der Waals surface area contributed by atoms with Crippen LogP contribution in [0.5, 0.6) is 0 Å². The van der Waals surface area contributed by atoms with Gasteiger partial charge in [-0.1, -0.05) is 49.7 Å². The van der Waals surface area contributed by atoms with Crippen LogP contribution < -0.4 is 0 Å². The lowest BCUT2D eigenvalue weighted by Gasteiger charge is -2.41. The standard InChI is InChI=1S/C17H20ClN2O3P/c1-6-16(2,3)17(11-19,12-20)15(24(21,22-4)23-5)13-9-7-8-10-14(13)18/h6-10,15H,1H2,2-5H3. The van der Waals surface area contributed by atoms with Gasteiger partial charge in [0.1, 0.15) is 5.66 Å². The van der Waals surface area contributed by atoms with Crippen molar-refractivity contribution < 1.29 is 13.6 Å². The van der Waals surface area contributed by atoms with Crippen LogP contribution in [0.15, 0.2) is 36.9 Å². The van der Waals surface area contributed by atoms with Crippen molar-refractivity contribution in [2.75, 3.05) is 14.2 Å². The summed E-state index contributed by atoms with van der Waals surface area (Å²) in [5.74, 6) is 0. The molecule has 7 heteroatoms. The van der Waals surface area contributed by atoms with Crippen molar-refractivity contribution in [3.05, 3.63) is 47.5 Å². The Morgan fingerprint density at radius 2 is 1.75 bits per heavy atom. The molecule has 0 amide bonds. The minimum atomic E-state index is -3.88. The van der Waals surface area contributed by atoms with Crippen LogP contribution in [0.2, 0.25) is 5.02 Å². The van der Waals surface area contributed by atoms with Gasteiger partial charge in [-0.15, -0.1) is 6.58 Å². The Morgan fingerprint density at radius 1 is 1.25 bits per heavy atom. The summed E-state index contributed by atoms with van der Waals surface area (Å²) in [6.45, 7) is 7.07.